The molecule has 126 valence electrons. The maximum Gasteiger partial charge on any atom is 0.337 e. The van der Waals surface area contributed by atoms with Gasteiger partial charge in [0.05, 0.1) is 31.2 Å². The van der Waals surface area contributed by atoms with Gasteiger partial charge in [-0.15, -0.1) is 16.9 Å². The number of hydrogen-bond acceptors (Lipinski definition) is 6. The minimum absolute atomic E-state index is 0.0716. The first kappa shape index (κ1) is 16.5. The molecule has 2 heterocycles. The monoisotopic (exact) mass is 346 g/mol. The topological polar surface area (TPSA) is 77.3 Å². The van der Waals surface area contributed by atoms with Gasteiger partial charge < -0.3 is 9.64 Å². The normalized spacial score (nSPS) is 17.3. The van der Waals surface area contributed by atoms with Gasteiger partial charge in [0.25, 0.3) is 0 Å². The Kier molecular flexibility index (Phi) is 4.84. The molecule has 0 spiro atoms. The molecule has 1 aliphatic heterocycles. The summed E-state index contributed by atoms with van der Waals surface area (Å²) >= 11 is 1.56. The number of rotatable bonds is 5. The van der Waals surface area contributed by atoms with Crippen LogP contribution in [0.3, 0.4) is 0 Å². The van der Waals surface area contributed by atoms with Crippen molar-refractivity contribution in [3.05, 3.63) is 47.3 Å². The highest BCUT2D eigenvalue weighted by Crippen LogP contribution is 2.37. The number of amides is 1. The second-order valence-corrected chi connectivity index (χ2v) is 6.44. The van der Waals surface area contributed by atoms with Crippen LogP contribution in [0.4, 0.5) is 0 Å². The Bertz CT molecular complexity index is 761. The molecule has 1 aliphatic rings. The van der Waals surface area contributed by atoms with Crippen LogP contribution < -0.4 is 0 Å². The summed E-state index contributed by atoms with van der Waals surface area (Å²) in [6, 6.07) is 7.21. The molecular weight excluding hydrogens is 328 g/mol. The maximum absolute atomic E-state index is 11.8. The number of carbonyl (C=O) groups is 2. The van der Waals surface area contributed by atoms with E-state index in [1.807, 2.05) is 25.3 Å². The highest BCUT2D eigenvalue weighted by Gasteiger charge is 2.33. The molecule has 24 heavy (non-hydrogen) atoms. The Morgan fingerprint density at radius 1 is 1.46 bits per heavy atom. The number of carbonyl (C=O) groups excluding carboxylic acids is 2. The number of ether oxygens (including phenoxy) is 1. The second kappa shape index (κ2) is 7.04. The van der Waals surface area contributed by atoms with E-state index < -0.39 is 0 Å². The summed E-state index contributed by atoms with van der Waals surface area (Å²) in [5, 5.41) is 8.28. The minimum Gasteiger partial charge on any atom is -0.465 e. The van der Waals surface area contributed by atoms with E-state index in [-0.39, 0.29) is 17.3 Å². The van der Waals surface area contributed by atoms with Gasteiger partial charge in [0.2, 0.25) is 5.91 Å². The molecule has 1 amide bonds. The van der Waals surface area contributed by atoms with Crippen molar-refractivity contribution in [3.63, 3.8) is 0 Å². The maximum atomic E-state index is 11.8. The van der Waals surface area contributed by atoms with Gasteiger partial charge in [-0.3, -0.25) is 4.79 Å². The number of esters is 1. The first-order chi connectivity index (χ1) is 11.6. The molecule has 0 aliphatic carbocycles. The van der Waals surface area contributed by atoms with Gasteiger partial charge >= 0.3 is 5.97 Å². The SMILES string of the molecule is CCN1C(=O)CS[C@@H]1c1cn(Cc2cccc(C(=O)OC)c2)nn1. The van der Waals surface area contributed by atoms with Crippen molar-refractivity contribution in [1.82, 2.24) is 19.9 Å². The highest BCUT2D eigenvalue weighted by atomic mass is 32.2. The zero-order valence-corrected chi connectivity index (χ0v) is 14.3. The lowest BCUT2D eigenvalue weighted by atomic mass is 10.1. The van der Waals surface area contributed by atoms with Crippen molar-refractivity contribution in [3.8, 4) is 0 Å². The van der Waals surface area contributed by atoms with Crippen LogP contribution in [0.25, 0.3) is 0 Å². The largest absolute Gasteiger partial charge is 0.465 e. The van der Waals surface area contributed by atoms with Crippen molar-refractivity contribution in [2.24, 2.45) is 0 Å². The van der Waals surface area contributed by atoms with Gasteiger partial charge in [0.1, 0.15) is 11.1 Å². The zero-order chi connectivity index (χ0) is 17.1. The number of aromatic nitrogens is 3. The molecule has 0 saturated carbocycles. The predicted octanol–water partition coefficient (Wildman–Crippen LogP) is 1.71. The molecule has 0 bridgehead atoms. The lowest BCUT2D eigenvalue weighted by molar-refractivity contribution is -0.127. The van der Waals surface area contributed by atoms with E-state index in [0.717, 1.165) is 11.3 Å². The fourth-order valence-corrected chi connectivity index (χ4v) is 3.84. The smallest absolute Gasteiger partial charge is 0.337 e. The molecule has 0 unspecified atom stereocenters. The van der Waals surface area contributed by atoms with Gasteiger partial charge in [-0.05, 0) is 24.6 Å². The fourth-order valence-electron chi connectivity index (χ4n) is 2.65. The third-order valence-corrected chi connectivity index (χ3v) is 5.04. The second-order valence-electron chi connectivity index (χ2n) is 5.38. The van der Waals surface area contributed by atoms with Gasteiger partial charge in [-0.1, -0.05) is 17.3 Å². The number of nitrogens with zero attached hydrogens (tertiary/aromatic N) is 4. The summed E-state index contributed by atoms with van der Waals surface area (Å²) in [7, 11) is 1.36. The Morgan fingerprint density at radius 2 is 2.29 bits per heavy atom. The summed E-state index contributed by atoms with van der Waals surface area (Å²) in [6.45, 7) is 3.11. The van der Waals surface area contributed by atoms with Crippen LogP contribution in [-0.4, -0.2) is 51.2 Å². The molecule has 0 N–H and O–H groups in total. The van der Waals surface area contributed by atoms with Crippen molar-refractivity contribution in [2.75, 3.05) is 19.4 Å². The van der Waals surface area contributed by atoms with Crippen LogP contribution in [0, 0.1) is 0 Å². The zero-order valence-electron chi connectivity index (χ0n) is 13.5. The standard InChI is InChI=1S/C16H18N4O3S/c1-3-20-14(21)10-24-15(20)13-9-19(18-17-13)8-11-5-4-6-12(7-11)16(22)23-2/h4-7,9,15H,3,8,10H2,1-2H3/t15-/m1/s1. The molecular formula is C16H18N4O3S. The van der Waals surface area contributed by atoms with Crippen LogP contribution >= 0.6 is 11.8 Å². The van der Waals surface area contributed by atoms with Crippen molar-refractivity contribution in [2.45, 2.75) is 18.8 Å². The van der Waals surface area contributed by atoms with Gasteiger partial charge in [-0.2, -0.15) is 0 Å². The molecule has 8 heteroatoms. The van der Waals surface area contributed by atoms with Crippen LogP contribution in [0.5, 0.6) is 0 Å². The number of methoxy groups -OCH3 is 1. The molecule has 0 radical (unpaired) electrons. The van der Waals surface area contributed by atoms with Crippen molar-refractivity contribution in [1.29, 1.82) is 0 Å². The van der Waals surface area contributed by atoms with E-state index in [0.29, 0.717) is 24.4 Å². The highest BCUT2D eigenvalue weighted by molar-refractivity contribution is 8.00. The first-order valence-corrected chi connectivity index (χ1v) is 8.65. The van der Waals surface area contributed by atoms with Crippen LogP contribution in [0.1, 0.15) is 33.9 Å². The Labute approximate surface area is 144 Å². The Balaban J connectivity index is 1.75. The van der Waals surface area contributed by atoms with Gasteiger partial charge in [-0.25, -0.2) is 9.48 Å². The van der Waals surface area contributed by atoms with Gasteiger partial charge in [0.15, 0.2) is 0 Å². The summed E-state index contributed by atoms with van der Waals surface area (Å²) in [6.07, 6.45) is 1.85. The third kappa shape index (κ3) is 3.28. The Morgan fingerprint density at radius 3 is 3.04 bits per heavy atom. The van der Waals surface area contributed by atoms with Crippen LogP contribution in [0.15, 0.2) is 30.5 Å². The molecule has 1 atom stereocenters. The molecule has 1 aromatic heterocycles. The average Bonchev–Trinajstić information content (AvgIpc) is 3.20. The third-order valence-electron chi connectivity index (χ3n) is 3.81. The predicted molar refractivity (Wildman–Crippen MR) is 89.5 cm³/mol. The molecule has 3 rings (SSSR count). The van der Waals surface area contributed by atoms with E-state index >= 15 is 0 Å². The van der Waals surface area contributed by atoms with E-state index in [4.69, 9.17) is 4.74 Å². The first-order valence-electron chi connectivity index (χ1n) is 7.60. The van der Waals surface area contributed by atoms with E-state index in [1.165, 1.54) is 7.11 Å². The Hall–Kier alpha value is -2.35. The summed E-state index contributed by atoms with van der Waals surface area (Å²) in [4.78, 5) is 25.2. The molecule has 1 aromatic carbocycles. The molecule has 1 saturated heterocycles. The van der Waals surface area contributed by atoms with Crippen LogP contribution in [-0.2, 0) is 16.1 Å². The molecule has 1 fully saturated rings. The quantitative estimate of drug-likeness (QED) is 0.767. The average molecular weight is 346 g/mol. The van der Waals surface area contributed by atoms with Gasteiger partial charge in [0, 0.05) is 6.54 Å². The number of benzene rings is 1. The minimum atomic E-state index is -0.365. The van der Waals surface area contributed by atoms with E-state index in [1.54, 1.807) is 33.5 Å². The lowest BCUT2D eigenvalue weighted by Gasteiger charge is -2.19. The number of hydrogen-bond donors (Lipinski definition) is 0. The van der Waals surface area contributed by atoms with Crippen molar-refractivity contribution >= 4 is 23.6 Å². The summed E-state index contributed by atoms with van der Waals surface area (Å²) in [5.41, 5.74) is 2.21. The summed E-state index contributed by atoms with van der Waals surface area (Å²) in [5.74, 6) is 0.246. The van der Waals surface area contributed by atoms with Crippen LogP contribution in [0.2, 0.25) is 0 Å². The van der Waals surface area contributed by atoms with E-state index in [9.17, 15) is 9.59 Å². The summed E-state index contributed by atoms with van der Waals surface area (Å²) < 4.78 is 6.44. The number of thioether (sulfide) groups is 1. The lowest BCUT2D eigenvalue weighted by Crippen LogP contribution is -2.27. The fraction of sp³-hybridized carbons (Fsp3) is 0.375. The molecule has 7 nitrogen and oxygen atoms in total. The molecule has 2 aromatic rings. The van der Waals surface area contributed by atoms with E-state index in [2.05, 4.69) is 10.3 Å². The van der Waals surface area contributed by atoms with Crippen molar-refractivity contribution < 1.29 is 14.3 Å².